The SMILES string of the molecule is CCn1cc(S(=O)(=O)NCc2ccccc2OC)c(N)n1. The van der Waals surface area contributed by atoms with Crippen LogP contribution in [0.5, 0.6) is 5.75 Å². The van der Waals surface area contributed by atoms with E-state index >= 15 is 0 Å². The fourth-order valence-electron chi connectivity index (χ4n) is 1.89. The molecule has 1 aromatic carbocycles. The number of benzene rings is 1. The van der Waals surface area contributed by atoms with Gasteiger partial charge in [-0.1, -0.05) is 18.2 Å². The van der Waals surface area contributed by atoms with Gasteiger partial charge in [-0.2, -0.15) is 5.10 Å². The smallest absolute Gasteiger partial charge is 0.246 e. The van der Waals surface area contributed by atoms with Crippen LogP contribution < -0.4 is 15.2 Å². The molecule has 3 N–H and O–H groups in total. The summed E-state index contributed by atoms with van der Waals surface area (Å²) in [6, 6.07) is 7.20. The van der Waals surface area contributed by atoms with Crippen LogP contribution in [-0.2, 0) is 23.1 Å². The van der Waals surface area contributed by atoms with Gasteiger partial charge in [-0.25, -0.2) is 13.1 Å². The van der Waals surface area contributed by atoms with Crippen LogP contribution in [0.1, 0.15) is 12.5 Å². The molecule has 2 aromatic rings. The van der Waals surface area contributed by atoms with E-state index in [1.165, 1.54) is 18.0 Å². The minimum Gasteiger partial charge on any atom is -0.496 e. The maximum Gasteiger partial charge on any atom is 0.246 e. The molecule has 7 nitrogen and oxygen atoms in total. The van der Waals surface area contributed by atoms with Crippen LogP contribution >= 0.6 is 0 Å². The Morgan fingerprint density at radius 1 is 1.38 bits per heavy atom. The lowest BCUT2D eigenvalue weighted by atomic mass is 10.2. The van der Waals surface area contributed by atoms with Gasteiger partial charge in [-0.15, -0.1) is 0 Å². The molecule has 0 saturated carbocycles. The molecule has 0 spiro atoms. The molecule has 0 aliphatic carbocycles. The molecule has 0 aliphatic rings. The summed E-state index contributed by atoms with van der Waals surface area (Å²) in [4.78, 5) is -0.0146. The highest BCUT2D eigenvalue weighted by Gasteiger charge is 2.21. The van der Waals surface area contributed by atoms with Crippen molar-refractivity contribution in [1.29, 1.82) is 0 Å². The van der Waals surface area contributed by atoms with E-state index in [9.17, 15) is 8.42 Å². The minimum atomic E-state index is -3.72. The zero-order valence-corrected chi connectivity index (χ0v) is 12.7. The largest absolute Gasteiger partial charge is 0.496 e. The first kappa shape index (κ1) is 15.3. The molecule has 8 heteroatoms. The van der Waals surface area contributed by atoms with E-state index < -0.39 is 10.0 Å². The predicted molar refractivity (Wildman–Crippen MR) is 79.3 cm³/mol. The normalized spacial score (nSPS) is 11.5. The van der Waals surface area contributed by atoms with E-state index in [0.29, 0.717) is 12.3 Å². The molecule has 0 amide bonds. The van der Waals surface area contributed by atoms with Crippen molar-refractivity contribution in [2.75, 3.05) is 12.8 Å². The highest BCUT2D eigenvalue weighted by Crippen LogP contribution is 2.20. The molecule has 1 aromatic heterocycles. The molecular weight excluding hydrogens is 292 g/mol. The number of nitrogens with zero attached hydrogens (tertiary/aromatic N) is 2. The second kappa shape index (κ2) is 6.15. The van der Waals surface area contributed by atoms with E-state index in [4.69, 9.17) is 10.5 Å². The molecular formula is C13H18N4O3S. The Bertz CT molecular complexity index is 725. The fourth-order valence-corrected chi connectivity index (χ4v) is 2.96. The van der Waals surface area contributed by atoms with Gasteiger partial charge in [0.2, 0.25) is 10.0 Å². The summed E-state index contributed by atoms with van der Waals surface area (Å²) >= 11 is 0. The third-order valence-corrected chi connectivity index (χ3v) is 4.43. The number of aryl methyl sites for hydroxylation is 1. The lowest BCUT2D eigenvalue weighted by molar-refractivity contribution is 0.409. The van der Waals surface area contributed by atoms with Crippen LogP contribution in [0.15, 0.2) is 35.4 Å². The highest BCUT2D eigenvalue weighted by atomic mass is 32.2. The number of nitrogens with one attached hydrogen (secondary N) is 1. The number of para-hydroxylation sites is 1. The summed E-state index contributed by atoms with van der Waals surface area (Å²) in [6.07, 6.45) is 1.42. The Morgan fingerprint density at radius 3 is 2.71 bits per heavy atom. The second-order valence-corrected chi connectivity index (χ2v) is 6.11. The first-order valence-electron chi connectivity index (χ1n) is 6.42. The summed E-state index contributed by atoms with van der Waals surface area (Å²) < 4.78 is 33.7. The number of rotatable bonds is 6. The molecule has 0 atom stereocenters. The van der Waals surface area contributed by atoms with Crippen LogP contribution in [0.2, 0.25) is 0 Å². The maximum absolute atomic E-state index is 12.3. The molecule has 21 heavy (non-hydrogen) atoms. The Kier molecular flexibility index (Phi) is 4.49. The quantitative estimate of drug-likeness (QED) is 0.828. The molecule has 114 valence electrons. The van der Waals surface area contributed by atoms with Crippen molar-refractivity contribution in [3.8, 4) is 5.75 Å². The third-order valence-electron chi connectivity index (χ3n) is 3.01. The molecule has 0 radical (unpaired) electrons. The number of aromatic nitrogens is 2. The summed E-state index contributed by atoms with van der Waals surface area (Å²) in [7, 11) is -2.18. The van der Waals surface area contributed by atoms with Crippen molar-refractivity contribution in [2.24, 2.45) is 0 Å². The Morgan fingerprint density at radius 2 is 2.10 bits per heavy atom. The molecule has 0 aliphatic heterocycles. The number of sulfonamides is 1. The predicted octanol–water partition coefficient (Wildman–Crippen LogP) is 0.972. The first-order valence-corrected chi connectivity index (χ1v) is 7.90. The first-order chi connectivity index (χ1) is 9.97. The van der Waals surface area contributed by atoms with Crippen LogP contribution in [0.4, 0.5) is 5.82 Å². The van der Waals surface area contributed by atoms with Gasteiger partial charge < -0.3 is 10.5 Å². The van der Waals surface area contributed by atoms with E-state index in [-0.39, 0.29) is 17.3 Å². The number of ether oxygens (including phenoxy) is 1. The highest BCUT2D eigenvalue weighted by molar-refractivity contribution is 7.89. The van der Waals surface area contributed by atoms with Gasteiger partial charge in [0.05, 0.1) is 7.11 Å². The average molecular weight is 310 g/mol. The Hall–Kier alpha value is -2.06. The standard InChI is InChI=1S/C13H18N4O3S/c1-3-17-9-12(13(14)16-17)21(18,19)15-8-10-6-4-5-7-11(10)20-2/h4-7,9,15H,3,8H2,1-2H3,(H2,14,16). The van der Waals surface area contributed by atoms with Gasteiger partial charge in [0.1, 0.15) is 10.6 Å². The van der Waals surface area contributed by atoms with Crippen molar-refractivity contribution in [1.82, 2.24) is 14.5 Å². The van der Waals surface area contributed by atoms with Gasteiger partial charge in [0, 0.05) is 24.8 Å². The lowest BCUT2D eigenvalue weighted by Crippen LogP contribution is -2.24. The number of hydrogen-bond donors (Lipinski definition) is 2. The average Bonchev–Trinajstić information content (AvgIpc) is 2.87. The van der Waals surface area contributed by atoms with Gasteiger partial charge in [0.25, 0.3) is 0 Å². The molecule has 2 rings (SSSR count). The number of anilines is 1. The van der Waals surface area contributed by atoms with Crippen molar-refractivity contribution in [3.63, 3.8) is 0 Å². The zero-order valence-electron chi connectivity index (χ0n) is 11.9. The monoisotopic (exact) mass is 310 g/mol. The van der Waals surface area contributed by atoms with Gasteiger partial charge >= 0.3 is 0 Å². The van der Waals surface area contributed by atoms with Crippen molar-refractivity contribution < 1.29 is 13.2 Å². The molecule has 1 heterocycles. The zero-order chi connectivity index (χ0) is 15.5. The van der Waals surface area contributed by atoms with Gasteiger partial charge in [-0.05, 0) is 13.0 Å². The topological polar surface area (TPSA) is 99.2 Å². The van der Waals surface area contributed by atoms with Crippen molar-refractivity contribution >= 4 is 15.8 Å². The van der Waals surface area contributed by atoms with E-state index in [1.807, 2.05) is 19.1 Å². The number of nitrogen functional groups attached to an aromatic ring is 1. The van der Waals surface area contributed by atoms with Crippen LogP contribution in [-0.4, -0.2) is 25.3 Å². The Labute approximate surface area is 123 Å². The molecule has 0 fully saturated rings. The number of nitrogens with two attached hydrogens (primary N) is 1. The minimum absolute atomic E-state index is 0.00984. The van der Waals surface area contributed by atoms with Gasteiger partial charge in [0.15, 0.2) is 5.82 Å². The summed E-state index contributed by atoms with van der Waals surface area (Å²) in [5.41, 5.74) is 6.39. The molecule has 0 saturated heterocycles. The van der Waals surface area contributed by atoms with Crippen LogP contribution in [0.25, 0.3) is 0 Å². The van der Waals surface area contributed by atoms with E-state index in [0.717, 1.165) is 5.56 Å². The molecule has 0 bridgehead atoms. The lowest BCUT2D eigenvalue weighted by Gasteiger charge is -2.09. The Balaban J connectivity index is 2.20. The van der Waals surface area contributed by atoms with Crippen molar-refractivity contribution in [3.05, 3.63) is 36.0 Å². The van der Waals surface area contributed by atoms with Crippen LogP contribution in [0, 0.1) is 0 Å². The third kappa shape index (κ3) is 3.34. The van der Waals surface area contributed by atoms with E-state index in [1.54, 1.807) is 12.1 Å². The number of methoxy groups -OCH3 is 1. The fraction of sp³-hybridized carbons (Fsp3) is 0.308. The van der Waals surface area contributed by atoms with Crippen LogP contribution in [0.3, 0.4) is 0 Å². The van der Waals surface area contributed by atoms with E-state index in [2.05, 4.69) is 9.82 Å². The second-order valence-electron chi connectivity index (χ2n) is 4.37. The van der Waals surface area contributed by atoms with Gasteiger partial charge in [-0.3, -0.25) is 4.68 Å². The van der Waals surface area contributed by atoms with Crippen molar-refractivity contribution in [2.45, 2.75) is 24.9 Å². The maximum atomic E-state index is 12.3. The molecule has 0 unspecified atom stereocenters. The summed E-state index contributed by atoms with van der Waals surface area (Å²) in [6.45, 7) is 2.51. The summed E-state index contributed by atoms with van der Waals surface area (Å²) in [5.74, 6) is 0.613. The number of hydrogen-bond acceptors (Lipinski definition) is 5. The summed E-state index contributed by atoms with van der Waals surface area (Å²) in [5, 5.41) is 3.93.